The quantitative estimate of drug-likeness (QED) is 0.174. The number of hydrogen-bond donors (Lipinski definition) is 0. The van der Waals surface area contributed by atoms with E-state index in [-0.39, 0.29) is 0 Å². The SMILES string of the molecule is Brc1ccc(-c2cc(-c3ccccc3)c(-c3ccc(Br)cc3)c3c4ccccc4c4ccccc4c23)cc1. The third-order valence-corrected chi connectivity index (χ3v) is 8.44. The van der Waals surface area contributed by atoms with Gasteiger partial charge in [-0.1, -0.05) is 135 Å². The summed E-state index contributed by atoms with van der Waals surface area (Å²) in [5.41, 5.74) is 7.37. The molecule has 0 radical (unpaired) electrons. The lowest BCUT2D eigenvalue weighted by Crippen LogP contribution is -1.94. The second-order valence-corrected chi connectivity index (χ2v) is 11.4. The molecule has 0 aliphatic heterocycles. The Kier molecular flexibility index (Phi) is 5.88. The standard InChI is InChI=1S/C36H22Br2/c37-26-18-14-24(15-19-26)33-22-32(23-8-2-1-3-9-23)34(25-16-20-27(38)21-17-25)36-31-13-7-5-11-29(31)28-10-4-6-12-30(28)35(33)36/h1-22H. The predicted octanol–water partition coefficient (Wildman–Crippen LogP) is 11.7. The normalized spacial score (nSPS) is 11.4. The third-order valence-electron chi connectivity index (χ3n) is 7.38. The summed E-state index contributed by atoms with van der Waals surface area (Å²) in [4.78, 5) is 0. The lowest BCUT2D eigenvalue weighted by molar-refractivity contribution is 1.58. The summed E-state index contributed by atoms with van der Waals surface area (Å²) in [5.74, 6) is 0. The Balaban J connectivity index is 1.79. The molecule has 7 aromatic carbocycles. The monoisotopic (exact) mass is 612 g/mol. The van der Waals surface area contributed by atoms with E-state index in [1.807, 2.05) is 0 Å². The zero-order valence-electron chi connectivity index (χ0n) is 20.5. The molecule has 2 heteroatoms. The lowest BCUT2D eigenvalue weighted by Gasteiger charge is -2.22. The van der Waals surface area contributed by atoms with Gasteiger partial charge in [0.05, 0.1) is 0 Å². The molecule has 0 amide bonds. The molecule has 0 aromatic heterocycles. The largest absolute Gasteiger partial charge is 0.0622 e. The summed E-state index contributed by atoms with van der Waals surface area (Å²) in [7, 11) is 0. The minimum Gasteiger partial charge on any atom is -0.0622 e. The number of rotatable bonds is 3. The molecular formula is C36H22Br2. The van der Waals surface area contributed by atoms with Crippen molar-refractivity contribution < 1.29 is 0 Å². The van der Waals surface area contributed by atoms with E-state index < -0.39 is 0 Å². The van der Waals surface area contributed by atoms with E-state index >= 15 is 0 Å². The Labute approximate surface area is 238 Å². The molecule has 180 valence electrons. The molecule has 0 nitrogen and oxygen atoms in total. The fourth-order valence-electron chi connectivity index (χ4n) is 5.72. The summed E-state index contributed by atoms with van der Waals surface area (Å²) >= 11 is 7.28. The molecule has 0 aliphatic rings. The molecule has 0 saturated heterocycles. The minimum absolute atomic E-state index is 1.08. The smallest absolute Gasteiger partial charge is 0.0175 e. The molecular weight excluding hydrogens is 592 g/mol. The molecule has 0 N–H and O–H groups in total. The predicted molar refractivity (Wildman–Crippen MR) is 171 cm³/mol. The van der Waals surface area contributed by atoms with Gasteiger partial charge in [0, 0.05) is 8.95 Å². The zero-order chi connectivity index (χ0) is 25.6. The van der Waals surface area contributed by atoms with Crippen molar-refractivity contribution in [2.45, 2.75) is 0 Å². The molecule has 0 saturated carbocycles. The Morgan fingerprint density at radius 3 is 1.37 bits per heavy atom. The van der Waals surface area contributed by atoms with E-state index in [4.69, 9.17) is 0 Å². The maximum absolute atomic E-state index is 3.65. The van der Waals surface area contributed by atoms with Crippen molar-refractivity contribution in [2.75, 3.05) is 0 Å². The first-order valence-electron chi connectivity index (χ1n) is 12.7. The van der Waals surface area contributed by atoms with Gasteiger partial charge in [0.2, 0.25) is 0 Å². The van der Waals surface area contributed by atoms with Crippen molar-refractivity contribution in [3.05, 3.63) is 142 Å². The van der Waals surface area contributed by atoms with Crippen LogP contribution in [0.25, 0.3) is 65.7 Å². The van der Waals surface area contributed by atoms with E-state index in [1.54, 1.807) is 0 Å². The van der Waals surface area contributed by atoms with Gasteiger partial charge in [-0.05, 0) is 96.0 Å². The van der Waals surface area contributed by atoms with Gasteiger partial charge >= 0.3 is 0 Å². The summed E-state index contributed by atoms with van der Waals surface area (Å²) in [6.45, 7) is 0. The van der Waals surface area contributed by atoms with Crippen molar-refractivity contribution >= 4 is 64.2 Å². The van der Waals surface area contributed by atoms with Crippen LogP contribution in [0.2, 0.25) is 0 Å². The van der Waals surface area contributed by atoms with Crippen molar-refractivity contribution in [1.82, 2.24) is 0 Å². The summed E-state index contributed by atoms with van der Waals surface area (Å²) < 4.78 is 2.16. The maximum atomic E-state index is 3.65. The van der Waals surface area contributed by atoms with Crippen molar-refractivity contribution in [2.24, 2.45) is 0 Å². The Morgan fingerprint density at radius 1 is 0.342 bits per heavy atom. The molecule has 0 aliphatic carbocycles. The van der Waals surface area contributed by atoms with E-state index in [0.29, 0.717) is 0 Å². The third kappa shape index (κ3) is 3.88. The second kappa shape index (κ2) is 9.54. The second-order valence-electron chi connectivity index (χ2n) is 9.57. The number of halogens is 2. The molecule has 38 heavy (non-hydrogen) atoms. The van der Waals surface area contributed by atoms with Crippen LogP contribution in [0.5, 0.6) is 0 Å². The van der Waals surface area contributed by atoms with Crippen molar-refractivity contribution in [3.63, 3.8) is 0 Å². The van der Waals surface area contributed by atoms with Crippen LogP contribution in [0.1, 0.15) is 0 Å². The van der Waals surface area contributed by atoms with Crippen LogP contribution in [0.4, 0.5) is 0 Å². The van der Waals surface area contributed by atoms with Crippen molar-refractivity contribution in [1.29, 1.82) is 0 Å². The highest BCUT2D eigenvalue weighted by Gasteiger charge is 2.21. The molecule has 7 aromatic rings. The highest BCUT2D eigenvalue weighted by molar-refractivity contribution is 9.10. The van der Waals surface area contributed by atoms with Crippen LogP contribution in [0.15, 0.2) is 142 Å². The fraction of sp³-hybridized carbons (Fsp3) is 0. The zero-order valence-corrected chi connectivity index (χ0v) is 23.6. The van der Waals surface area contributed by atoms with E-state index in [2.05, 4.69) is 165 Å². The van der Waals surface area contributed by atoms with Gasteiger partial charge in [0.25, 0.3) is 0 Å². The highest BCUT2D eigenvalue weighted by atomic mass is 79.9. The van der Waals surface area contributed by atoms with Crippen LogP contribution < -0.4 is 0 Å². The van der Waals surface area contributed by atoms with Crippen LogP contribution in [-0.2, 0) is 0 Å². The van der Waals surface area contributed by atoms with Crippen LogP contribution in [0.3, 0.4) is 0 Å². The first-order chi connectivity index (χ1) is 18.7. The van der Waals surface area contributed by atoms with Crippen molar-refractivity contribution in [3.8, 4) is 33.4 Å². The van der Waals surface area contributed by atoms with E-state index in [0.717, 1.165) is 8.95 Å². The van der Waals surface area contributed by atoms with Crippen LogP contribution >= 0.6 is 31.9 Å². The van der Waals surface area contributed by atoms with Gasteiger partial charge in [0.1, 0.15) is 0 Å². The average molecular weight is 614 g/mol. The molecule has 0 spiro atoms. The number of benzene rings is 7. The van der Waals surface area contributed by atoms with Gasteiger partial charge in [0.15, 0.2) is 0 Å². The first-order valence-corrected chi connectivity index (χ1v) is 14.2. The van der Waals surface area contributed by atoms with Gasteiger partial charge in [-0.3, -0.25) is 0 Å². The lowest BCUT2D eigenvalue weighted by atomic mass is 9.81. The van der Waals surface area contributed by atoms with Crippen LogP contribution in [0, 0.1) is 0 Å². The fourth-order valence-corrected chi connectivity index (χ4v) is 6.25. The topological polar surface area (TPSA) is 0 Å². The summed E-state index contributed by atoms with van der Waals surface area (Å²) in [5, 5.41) is 7.69. The molecule has 0 unspecified atom stereocenters. The number of fused-ring (bicyclic) bond motifs is 6. The molecule has 7 rings (SSSR count). The van der Waals surface area contributed by atoms with Gasteiger partial charge in [-0.15, -0.1) is 0 Å². The van der Waals surface area contributed by atoms with Gasteiger partial charge < -0.3 is 0 Å². The molecule has 0 atom stereocenters. The molecule has 0 fully saturated rings. The summed E-state index contributed by atoms with van der Waals surface area (Å²) in [6.07, 6.45) is 0. The summed E-state index contributed by atoms with van der Waals surface area (Å²) in [6, 6.07) is 48.3. The average Bonchev–Trinajstić information content (AvgIpc) is 2.98. The Morgan fingerprint density at radius 2 is 0.789 bits per heavy atom. The highest BCUT2D eigenvalue weighted by Crippen LogP contribution is 2.49. The van der Waals surface area contributed by atoms with E-state index in [1.165, 1.54) is 65.7 Å². The Hall–Kier alpha value is -3.72. The maximum Gasteiger partial charge on any atom is 0.0175 e. The molecule has 0 heterocycles. The van der Waals surface area contributed by atoms with Gasteiger partial charge in [-0.25, -0.2) is 0 Å². The van der Waals surface area contributed by atoms with Gasteiger partial charge in [-0.2, -0.15) is 0 Å². The molecule has 0 bridgehead atoms. The van der Waals surface area contributed by atoms with E-state index in [9.17, 15) is 0 Å². The number of hydrogen-bond acceptors (Lipinski definition) is 0. The van der Waals surface area contributed by atoms with Crippen LogP contribution in [-0.4, -0.2) is 0 Å². The Bertz CT molecular complexity index is 1950. The minimum atomic E-state index is 1.08. The first kappa shape index (κ1) is 23.4.